The molecule has 0 unspecified atom stereocenters. The van der Waals surface area contributed by atoms with Crippen LogP contribution >= 0.6 is 15.9 Å². The topological polar surface area (TPSA) is 75.5 Å². The SMILES string of the molecule is CS(=O)(=O)N1CCN(c2nc(Br)cn(Cc3ccc(F)cc3)c2=O)CC1. The first-order valence-corrected chi connectivity index (χ1v) is 10.6. The van der Waals surface area contributed by atoms with E-state index in [9.17, 15) is 17.6 Å². The van der Waals surface area contributed by atoms with Gasteiger partial charge in [0.2, 0.25) is 10.0 Å². The van der Waals surface area contributed by atoms with Crippen molar-refractivity contribution >= 4 is 31.8 Å². The van der Waals surface area contributed by atoms with Crippen molar-refractivity contribution in [2.24, 2.45) is 0 Å². The summed E-state index contributed by atoms with van der Waals surface area (Å²) in [6.45, 7) is 1.69. The van der Waals surface area contributed by atoms with Gasteiger partial charge >= 0.3 is 0 Å². The van der Waals surface area contributed by atoms with Gasteiger partial charge in [-0.3, -0.25) is 4.79 Å². The number of rotatable bonds is 4. The van der Waals surface area contributed by atoms with E-state index in [2.05, 4.69) is 20.9 Å². The average Bonchev–Trinajstić information content (AvgIpc) is 2.59. The van der Waals surface area contributed by atoms with Crippen LogP contribution in [0.5, 0.6) is 0 Å². The molecule has 1 fully saturated rings. The largest absolute Gasteiger partial charge is 0.349 e. The van der Waals surface area contributed by atoms with Crippen molar-refractivity contribution in [2.75, 3.05) is 37.3 Å². The summed E-state index contributed by atoms with van der Waals surface area (Å²) in [5.74, 6) is -0.0592. The maximum atomic E-state index is 13.1. The Bertz CT molecular complexity index is 954. The molecule has 0 aliphatic carbocycles. The molecule has 140 valence electrons. The van der Waals surface area contributed by atoms with Gasteiger partial charge in [-0.25, -0.2) is 17.8 Å². The Morgan fingerprint density at radius 2 is 1.77 bits per heavy atom. The van der Waals surface area contributed by atoms with Crippen LogP contribution in [0.3, 0.4) is 0 Å². The first kappa shape index (κ1) is 19.0. The second-order valence-electron chi connectivity index (χ2n) is 6.10. The molecule has 1 aromatic heterocycles. The highest BCUT2D eigenvalue weighted by atomic mass is 79.9. The van der Waals surface area contributed by atoms with Gasteiger partial charge in [-0.2, -0.15) is 4.31 Å². The van der Waals surface area contributed by atoms with E-state index in [-0.39, 0.29) is 23.7 Å². The maximum absolute atomic E-state index is 13.1. The molecule has 0 radical (unpaired) electrons. The van der Waals surface area contributed by atoms with Gasteiger partial charge in [0.05, 0.1) is 12.8 Å². The quantitative estimate of drug-likeness (QED) is 0.709. The Morgan fingerprint density at radius 1 is 1.15 bits per heavy atom. The third-order valence-electron chi connectivity index (χ3n) is 4.20. The fraction of sp³-hybridized carbons (Fsp3) is 0.375. The molecule has 10 heteroatoms. The van der Waals surface area contributed by atoms with Crippen molar-refractivity contribution in [3.63, 3.8) is 0 Å². The van der Waals surface area contributed by atoms with Crippen LogP contribution in [0.2, 0.25) is 0 Å². The van der Waals surface area contributed by atoms with Crippen molar-refractivity contribution in [2.45, 2.75) is 6.54 Å². The monoisotopic (exact) mass is 444 g/mol. The van der Waals surface area contributed by atoms with Crippen molar-refractivity contribution in [1.29, 1.82) is 0 Å². The van der Waals surface area contributed by atoms with E-state index in [0.717, 1.165) is 5.56 Å². The smallest absolute Gasteiger partial charge is 0.293 e. The van der Waals surface area contributed by atoms with E-state index in [1.54, 1.807) is 23.2 Å². The van der Waals surface area contributed by atoms with E-state index in [1.807, 2.05) is 0 Å². The normalized spacial score (nSPS) is 16.0. The number of nitrogens with zero attached hydrogens (tertiary/aromatic N) is 4. The standard InChI is InChI=1S/C16H18BrFN4O3S/c1-26(24,25)22-8-6-20(7-9-22)15-16(23)21(11-14(17)19-15)10-12-2-4-13(18)5-3-12/h2-5,11H,6-10H2,1H3. The predicted molar refractivity (Wildman–Crippen MR) is 100 cm³/mol. The summed E-state index contributed by atoms with van der Waals surface area (Å²) < 4.78 is 39.7. The molecule has 2 aromatic rings. The molecule has 0 N–H and O–H groups in total. The molecule has 3 rings (SSSR count). The molecular formula is C16H18BrFN4O3S. The summed E-state index contributed by atoms with van der Waals surface area (Å²) in [4.78, 5) is 18.9. The number of piperazine rings is 1. The average molecular weight is 445 g/mol. The lowest BCUT2D eigenvalue weighted by molar-refractivity contribution is 0.386. The summed E-state index contributed by atoms with van der Waals surface area (Å²) in [5.41, 5.74) is 0.518. The Kier molecular flexibility index (Phi) is 5.44. The zero-order valence-corrected chi connectivity index (χ0v) is 16.5. The van der Waals surface area contributed by atoms with Crippen molar-refractivity contribution in [3.8, 4) is 0 Å². The van der Waals surface area contributed by atoms with Crippen LogP contribution in [0.25, 0.3) is 0 Å². The van der Waals surface area contributed by atoms with Crippen LogP contribution < -0.4 is 10.5 Å². The highest BCUT2D eigenvalue weighted by Gasteiger charge is 2.26. The van der Waals surface area contributed by atoms with Crippen molar-refractivity contribution < 1.29 is 12.8 Å². The molecule has 2 heterocycles. The van der Waals surface area contributed by atoms with Crippen LogP contribution in [0.4, 0.5) is 10.2 Å². The Morgan fingerprint density at radius 3 is 2.35 bits per heavy atom. The molecule has 0 spiro atoms. The van der Waals surface area contributed by atoms with E-state index >= 15 is 0 Å². The van der Waals surface area contributed by atoms with Gasteiger partial charge < -0.3 is 9.47 Å². The summed E-state index contributed by atoms with van der Waals surface area (Å²) >= 11 is 3.32. The molecule has 1 aromatic carbocycles. The van der Waals surface area contributed by atoms with E-state index < -0.39 is 10.0 Å². The van der Waals surface area contributed by atoms with E-state index in [4.69, 9.17) is 0 Å². The Balaban J connectivity index is 1.84. The number of anilines is 1. The molecule has 0 bridgehead atoms. The molecule has 0 amide bonds. The van der Waals surface area contributed by atoms with Crippen LogP contribution in [0.1, 0.15) is 5.56 Å². The first-order valence-electron chi connectivity index (χ1n) is 7.95. The highest BCUT2D eigenvalue weighted by Crippen LogP contribution is 2.15. The van der Waals surface area contributed by atoms with Gasteiger partial charge in [-0.15, -0.1) is 0 Å². The molecule has 1 aliphatic heterocycles. The minimum absolute atomic E-state index is 0.273. The molecule has 0 saturated carbocycles. The van der Waals surface area contributed by atoms with Gasteiger partial charge in [0.25, 0.3) is 5.56 Å². The molecular weight excluding hydrogens is 427 g/mol. The number of hydrogen-bond acceptors (Lipinski definition) is 5. The predicted octanol–water partition coefficient (Wildman–Crippen LogP) is 1.27. The molecule has 1 saturated heterocycles. The molecule has 7 nitrogen and oxygen atoms in total. The number of halogens is 2. The van der Waals surface area contributed by atoms with Gasteiger partial charge in [-0.1, -0.05) is 12.1 Å². The lowest BCUT2D eigenvalue weighted by atomic mass is 10.2. The van der Waals surface area contributed by atoms with Crippen LogP contribution in [-0.4, -0.2) is 54.7 Å². The van der Waals surface area contributed by atoms with Gasteiger partial charge in [-0.05, 0) is 33.6 Å². The number of aromatic nitrogens is 2. The summed E-state index contributed by atoms with van der Waals surface area (Å²) in [6.07, 6.45) is 2.76. The maximum Gasteiger partial charge on any atom is 0.293 e. The van der Waals surface area contributed by atoms with E-state index in [0.29, 0.717) is 30.8 Å². The van der Waals surface area contributed by atoms with Gasteiger partial charge in [0, 0.05) is 32.4 Å². The summed E-state index contributed by atoms with van der Waals surface area (Å²) in [5, 5.41) is 0. The Labute approximate surface area is 159 Å². The third-order valence-corrected chi connectivity index (χ3v) is 5.89. The van der Waals surface area contributed by atoms with Crippen molar-refractivity contribution in [3.05, 3.63) is 56.8 Å². The van der Waals surface area contributed by atoms with Gasteiger partial charge in [0.1, 0.15) is 10.4 Å². The number of benzene rings is 1. The molecule has 1 aliphatic rings. The van der Waals surface area contributed by atoms with Crippen LogP contribution in [0.15, 0.2) is 39.9 Å². The van der Waals surface area contributed by atoms with Crippen molar-refractivity contribution in [1.82, 2.24) is 13.9 Å². The lowest BCUT2D eigenvalue weighted by Gasteiger charge is -2.33. The number of sulfonamides is 1. The first-order chi connectivity index (χ1) is 12.2. The second kappa shape index (κ2) is 7.45. The lowest BCUT2D eigenvalue weighted by Crippen LogP contribution is -2.50. The molecule has 0 atom stereocenters. The minimum Gasteiger partial charge on any atom is -0.349 e. The second-order valence-corrected chi connectivity index (χ2v) is 8.89. The summed E-state index contributed by atoms with van der Waals surface area (Å²) in [6, 6.07) is 5.95. The fourth-order valence-corrected chi connectivity index (χ4v) is 4.08. The zero-order chi connectivity index (χ0) is 18.9. The van der Waals surface area contributed by atoms with Crippen LogP contribution in [-0.2, 0) is 16.6 Å². The van der Waals surface area contributed by atoms with E-state index in [1.165, 1.54) is 27.3 Å². The van der Waals surface area contributed by atoms with Gasteiger partial charge in [0.15, 0.2) is 5.82 Å². The highest BCUT2D eigenvalue weighted by molar-refractivity contribution is 9.10. The third kappa shape index (κ3) is 4.30. The Hall–Kier alpha value is -1.78. The number of hydrogen-bond donors (Lipinski definition) is 0. The zero-order valence-electron chi connectivity index (χ0n) is 14.1. The minimum atomic E-state index is -3.24. The summed E-state index contributed by atoms with van der Waals surface area (Å²) in [7, 11) is -3.24. The molecule has 26 heavy (non-hydrogen) atoms. The fourth-order valence-electron chi connectivity index (χ4n) is 2.84. The van der Waals surface area contributed by atoms with Crippen LogP contribution in [0, 0.1) is 5.82 Å².